The molecule has 1 aromatic heterocycles. The van der Waals surface area contributed by atoms with Crippen molar-refractivity contribution in [2.75, 3.05) is 19.6 Å². The van der Waals surface area contributed by atoms with E-state index in [1.807, 2.05) is 0 Å². The summed E-state index contributed by atoms with van der Waals surface area (Å²) in [6.45, 7) is 3.36. The number of imidazole rings is 1. The second-order valence-electron chi connectivity index (χ2n) is 5.48. The second-order valence-corrected chi connectivity index (χ2v) is 7.20. The molecule has 2 heterocycles. The van der Waals surface area contributed by atoms with Gasteiger partial charge in [-0.15, -0.1) is 12.4 Å². The van der Waals surface area contributed by atoms with Gasteiger partial charge in [-0.3, -0.25) is 4.79 Å². The zero-order valence-corrected chi connectivity index (χ0v) is 15.0. The van der Waals surface area contributed by atoms with Gasteiger partial charge < -0.3 is 15.2 Å². The van der Waals surface area contributed by atoms with Crippen LogP contribution in [0.15, 0.2) is 11.2 Å². The maximum atomic E-state index is 12.0. The molecule has 1 saturated heterocycles. The summed E-state index contributed by atoms with van der Waals surface area (Å²) >= 11 is 0. The third kappa shape index (κ3) is 5.76. The number of carbonyl (C=O) groups excluding carboxylic acids is 1. The molecule has 1 unspecified atom stereocenters. The van der Waals surface area contributed by atoms with Gasteiger partial charge in [0.15, 0.2) is 5.03 Å². The number of nitrogens with one attached hydrogen (secondary N) is 3. The summed E-state index contributed by atoms with van der Waals surface area (Å²) in [5.74, 6) is 0.454. The van der Waals surface area contributed by atoms with Crippen molar-refractivity contribution in [2.45, 2.75) is 37.3 Å². The summed E-state index contributed by atoms with van der Waals surface area (Å²) in [4.78, 5) is 15.7. The highest BCUT2D eigenvalue weighted by atomic mass is 35.5. The van der Waals surface area contributed by atoms with Crippen molar-refractivity contribution in [2.24, 2.45) is 7.05 Å². The lowest BCUT2D eigenvalue weighted by atomic mass is 10.2. The molecule has 3 N–H and O–H groups in total. The maximum absolute atomic E-state index is 12.0. The molecule has 1 aliphatic heterocycles. The topological polar surface area (TPSA) is 105 Å². The number of nitrogens with zero attached hydrogens (tertiary/aromatic N) is 2. The quantitative estimate of drug-likeness (QED) is 0.614. The van der Waals surface area contributed by atoms with Gasteiger partial charge in [-0.05, 0) is 26.3 Å². The highest BCUT2D eigenvalue weighted by molar-refractivity contribution is 7.89. The second kappa shape index (κ2) is 8.62. The van der Waals surface area contributed by atoms with Crippen molar-refractivity contribution < 1.29 is 13.2 Å². The van der Waals surface area contributed by atoms with Gasteiger partial charge >= 0.3 is 0 Å². The Kier molecular flexibility index (Phi) is 7.46. The van der Waals surface area contributed by atoms with Crippen LogP contribution >= 0.6 is 12.4 Å². The summed E-state index contributed by atoms with van der Waals surface area (Å²) in [5.41, 5.74) is 0. The molecule has 1 atom stereocenters. The van der Waals surface area contributed by atoms with E-state index < -0.39 is 10.0 Å². The molecule has 1 amide bonds. The van der Waals surface area contributed by atoms with Crippen molar-refractivity contribution in [3.8, 4) is 0 Å². The molecule has 0 saturated carbocycles. The summed E-state index contributed by atoms with van der Waals surface area (Å²) < 4.78 is 28.1. The molecule has 10 heteroatoms. The largest absolute Gasteiger partial charge is 0.354 e. The number of aryl methyl sites for hydroxylation is 2. The first-order valence-corrected chi connectivity index (χ1v) is 8.86. The lowest BCUT2D eigenvalue weighted by Gasteiger charge is -2.11. The Morgan fingerprint density at radius 2 is 2.26 bits per heavy atom. The van der Waals surface area contributed by atoms with E-state index in [9.17, 15) is 13.2 Å². The molecule has 1 aromatic rings. The van der Waals surface area contributed by atoms with Crippen molar-refractivity contribution in [3.63, 3.8) is 0 Å². The standard InChI is InChI=1S/C13H23N5O3S.ClH/c1-10-17-13(9-18(10)2)22(20,21)16-7-5-12(19)15-8-11-4-3-6-14-11;/h9,11,14,16H,3-8H2,1-2H3,(H,15,19);1H. The first-order chi connectivity index (χ1) is 10.4. The van der Waals surface area contributed by atoms with Crippen LogP contribution in [0.4, 0.5) is 0 Å². The zero-order chi connectivity index (χ0) is 16.2. The van der Waals surface area contributed by atoms with E-state index in [2.05, 4.69) is 20.3 Å². The molecule has 0 aromatic carbocycles. The Hall–Kier alpha value is -1.16. The van der Waals surface area contributed by atoms with Gasteiger partial charge in [-0.1, -0.05) is 0 Å². The first kappa shape index (κ1) is 19.9. The molecular formula is C13H24ClN5O3S. The third-order valence-electron chi connectivity index (χ3n) is 3.71. The predicted molar refractivity (Wildman–Crippen MR) is 89.0 cm³/mol. The van der Waals surface area contributed by atoms with Gasteiger partial charge in [-0.25, -0.2) is 18.1 Å². The third-order valence-corrected chi connectivity index (χ3v) is 5.05. The number of carbonyl (C=O) groups is 1. The number of aromatic nitrogens is 2. The van der Waals surface area contributed by atoms with Crippen LogP contribution in [-0.2, 0) is 21.9 Å². The number of amides is 1. The molecular weight excluding hydrogens is 342 g/mol. The Morgan fingerprint density at radius 3 is 2.83 bits per heavy atom. The fourth-order valence-electron chi connectivity index (χ4n) is 2.28. The minimum Gasteiger partial charge on any atom is -0.354 e. The fraction of sp³-hybridized carbons (Fsp3) is 0.692. The lowest BCUT2D eigenvalue weighted by molar-refractivity contribution is -0.121. The Morgan fingerprint density at radius 1 is 1.52 bits per heavy atom. The van der Waals surface area contributed by atoms with Crippen LogP contribution < -0.4 is 15.4 Å². The van der Waals surface area contributed by atoms with E-state index in [0.29, 0.717) is 18.4 Å². The SMILES string of the molecule is Cc1nc(S(=O)(=O)NCCC(=O)NCC2CCCN2)cn1C.Cl. The molecule has 0 aliphatic carbocycles. The van der Waals surface area contributed by atoms with Crippen LogP contribution in [0, 0.1) is 6.92 Å². The number of sulfonamides is 1. The first-order valence-electron chi connectivity index (χ1n) is 7.38. The molecule has 23 heavy (non-hydrogen) atoms. The van der Waals surface area contributed by atoms with Gasteiger partial charge in [0.25, 0.3) is 10.0 Å². The van der Waals surface area contributed by atoms with Crippen molar-refractivity contribution in [1.29, 1.82) is 0 Å². The molecule has 0 radical (unpaired) electrons. The van der Waals surface area contributed by atoms with Crippen LogP contribution in [0.1, 0.15) is 25.1 Å². The van der Waals surface area contributed by atoms with Crippen LogP contribution in [-0.4, -0.2) is 49.6 Å². The summed E-state index contributed by atoms with van der Waals surface area (Å²) in [6.07, 6.45) is 3.75. The smallest absolute Gasteiger partial charge is 0.259 e. The fourth-order valence-corrected chi connectivity index (χ4v) is 3.35. The summed E-state index contributed by atoms with van der Waals surface area (Å²) in [7, 11) is -1.93. The molecule has 2 rings (SSSR count). The highest BCUT2D eigenvalue weighted by Crippen LogP contribution is 2.07. The Labute approximate surface area is 142 Å². The van der Waals surface area contributed by atoms with Crippen LogP contribution in [0.2, 0.25) is 0 Å². The zero-order valence-electron chi connectivity index (χ0n) is 13.3. The molecule has 1 fully saturated rings. The minimum atomic E-state index is -3.66. The number of halogens is 1. The van der Waals surface area contributed by atoms with Gasteiger partial charge in [0.2, 0.25) is 5.91 Å². The number of hydrogen-bond acceptors (Lipinski definition) is 5. The minimum absolute atomic E-state index is 0. The van der Waals surface area contributed by atoms with Crippen molar-refractivity contribution in [1.82, 2.24) is 24.9 Å². The average molecular weight is 366 g/mol. The van der Waals surface area contributed by atoms with Gasteiger partial charge in [0, 0.05) is 38.8 Å². The Balaban J connectivity index is 0.00000264. The molecule has 1 aliphatic rings. The highest BCUT2D eigenvalue weighted by Gasteiger charge is 2.19. The monoisotopic (exact) mass is 365 g/mol. The summed E-state index contributed by atoms with van der Waals surface area (Å²) in [5, 5.41) is 6.07. The van der Waals surface area contributed by atoms with E-state index in [1.54, 1.807) is 18.5 Å². The molecule has 0 bridgehead atoms. The van der Waals surface area contributed by atoms with Crippen LogP contribution in [0.3, 0.4) is 0 Å². The Bertz CT molecular complexity index is 606. The number of rotatable bonds is 7. The lowest BCUT2D eigenvalue weighted by Crippen LogP contribution is -2.38. The van der Waals surface area contributed by atoms with E-state index in [-0.39, 0.29) is 36.3 Å². The van der Waals surface area contributed by atoms with Crippen LogP contribution in [0.25, 0.3) is 0 Å². The van der Waals surface area contributed by atoms with Crippen molar-refractivity contribution >= 4 is 28.3 Å². The average Bonchev–Trinajstić information content (AvgIpc) is 3.07. The van der Waals surface area contributed by atoms with Crippen molar-refractivity contribution in [3.05, 3.63) is 12.0 Å². The van der Waals surface area contributed by atoms with Gasteiger partial charge in [-0.2, -0.15) is 0 Å². The normalized spacial score (nSPS) is 17.7. The maximum Gasteiger partial charge on any atom is 0.259 e. The molecule has 8 nitrogen and oxygen atoms in total. The van der Waals surface area contributed by atoms with E-state index >= 15 is 0 Å². The predicted octanol–water partition coefficient (Wildman–Crippen LogP) is -0.313. The van der Waals surface area contributed by atoms with E-state index in [4.69, 9.17) is 0 Å². The molecule has 0 spiro atoms. The van der Waals surface area contributed by atoms with E-state index in [0.717, 1.165) is 19.4 Å². The van der Waals surface area contributed by atoms with Gasteiger partial charge in [0.1, 0.15) is 5.82 Å². The number of hydrogen-bond donors (Lipinski definition) is 3. The molecule has 132 valence electrons. The van der Waals surface area contributed by atoms with E-state index in [1.165, 1.54) is 6.20 Å². The van der Waals surface area contributed by atoms with Gasteiger partial charge in [0.05, 0.1) is 0 Å². The van der Waals surface area contributed by atoms with Crippen LogP contribution in [0.5, 0.6) is 0 Å². The summed E-state index contributed by atoms with van der Waals surface area (Å²) in [6, 6.07) is 0.331.